The van der Waals surface area contributed by atoms with Crippen LogP contribution in [0, 0.1) is 0 Å². The summed E-state index contributed by atoms with van der Waals surface area (Å²) in [7, 11) is -0.942. The van der Waals surface area contributed by atoms with Crippen molar-refractivity contribution in [3.8, 4) is 5.75 Å². The molecule has 27 heavy (non-hydrogen) atoms. The molecule has 1 fully saturated rings. The quantitative estimate of drug-likeness (QED) is 0.729. The van der Waals surface area contributed by atoms with Crippen LogP contribution in [0.5, 0.6) is 5.75 Å². The molecule has 0 amide bonds. The first kappa shape index (κ1) is 19.8. The van der Waals surface area contributed by atoms with Gasteiger partial charge in [-0.1, -0.05) is 30.3 Å². The van der Waals surface area contributed by atoms with Crippen LogP contribution in [0.4, 0.5) is 13.2 Å². The molecular formula is C20H22BF3O3. The second kappa shape index (κ2) is 6.87. The van der Waals surface area contributed by atoms with Gasteiger partial charge in [0.1, 0.15) is 12.4 Å². The van der Waals surface area contributed by atoms with E-state index in [2.05, 4.69) is 0 Å². The van der Waals surface area contributed by atoms with E-state index in [1.54, 1.807) is 0 Å². The molecule has 0 bridgehead atoms. The van der Waals surface area contributed by atoms with Gasteiger partial charge in [0.05, 0.1) is 16.8 Å². The Bertz CT molecular complexity index is 788. The minimum atomic E-state index is -4.46. The molecule has 144 valence electrons. The highest BCUT2D eigenvalue weighted by atomic mass is 19.4. The second-order valence-electron chi connectivity index (χ2n) is 7.61. The fraction of sp³-hybridized carbons (Fsp3) is 0.400. The molecule has 0 radical (unpaired) electrons. The number of alkyl halides is 3. The zero-order valence-corrected chi connectivity index (χ0v) is 15.8. The van der Waals surface area contributed by atoms with Crippen molar-refractivity contribution in [2.24, 2.45) is 0 Å². The minimum absolute atomic E-state index is 0.235. The van der Waals surface area contributed by atoms with E-state index >= 15 is 0 Å². The maximum atomic E-state index is 13.2. The van der Waals surface area contributed by atoms with E-state index in [4.69, 9.17) is 14.0 Å². The topological polar surface area (TPSA) is 27.7 Å². The summed E-state index contributed by atoms with van der Waals surface area (Å²) in [6, 6.07) is 12.8. The van der Waals surface area contributed by atoms with E-state index < -0.39 is 30.1 Å². The van der Waals surface area contributed by atoms with E-state index in [-0.39, 0.29) is 12.1 Å². The Morgan fingerprint density at radius 1 is 0.926 bits per heavy atom. The Balaban J connectivity index is 1.94. The minimum Gasteiger partial charge on any atom is -0.489 e. The Hall–Kier alpha value is -1.99. The lowest BCUT2D eigenvalue weighted by atomic mass is 9.77. The molecule has 0 unspecified atom stereocenters. The van der Waals surface area contributed by atoms with Crippen molar-refractivity contribution >= 4 is 12.6 Å². The fourth-order valence-corrected chi connectivity index (χ4v) is 2.75. The van der Waals surface area contributed by atoms with Crippen LogP contribution < -0.4 is 10.2 Å². The highest BCUT2D eigenvalue weighted by Gasteiger charge is 2.52. The summed E-state index contributed by atoms with van der Waals surface area (Å²) in [6.45, 7) is 7.64. The highest BCUT2D eigenvalue weighted by Crippen LogP contribution is 2.38. The average molecular weight is 378 g/mol. The van der Waals surface area contributed by atoms with Crippen molar-refractivity contribution in [1.29, 1.82) is 0 Å². The van der Waals surface area contributed by atoms with E-state index in [1.165, 1.54) is 6.07 Å². The van der Waals surface area contributed by atoms with Gasteiger partial charge in [0.25, 0.3) is 0 Å². The Kier molecular flexibility index (Phi) is 5.03. The van der Waals surface area contributed by atoms with Crippen molar-refractivity contribution in [3.63, 3.8) is 0 Å². The predicted molar refractivity (Wildman–Crippen MR) is 97.9 cm³/mol. The number of benzene rings is 2. The van der Waals surface area contributed by atoms with Crippen molar-refractivity contribution < 1.29 is 27.2 Å². The number of ether oxygens (including phenoxy) is 1. The maximum Gasteiger partial charge on any atom is 0.498 e. The highest BCUT2D eigenvalue weighted by molar-refractivity contribution is 6.63. The molecule has 3 nitrogen and oxygen atoms in total. The van der Waals surface area contributed by atoms with Crippen LogP contribution in [0.1, 0.15) is 38.8 Å². The molecule has 2 aromatic carbocycles. The van der Waals surface area contributed by atoms with Crippen LogP contribution in [0.3, 0.4) is 0 Å². The van der Waals surface area contributed by atoms with Gasteiger partial charge in [0.15, 0.2) is 0 Å². The fourth-order valence-electron chi connectivity index (χ4n) is 2.75. The molecular weight excluding hydrogens is 356 g/mol. The van der Waals surface area contributed by atoms with E-state index in [1.807, 2.05) is 58.0 Å². The molecule has 1 heterocycles. The largest absolute Gasteiger partial charge is 0.498 e. The summed E-state index contributed by atoms with van der Waals surface area (Å²) < 4.78 is 57.4. The second-order valence-corrected chi connectivity index (χ2v) is 7.61. The number of hydrogen-bond acceptors (Lipinski definition) is 3. The van der Waals surface area contributed by atoms with Crippen LogP contribution in [0.15, 0.2) is 48.5 Å². The molecule has 0 spiro atoms. The third-order valence-electron chi connectivity index (χ3n) is 5.08. The number of rotatable bonds is 4. The number of hydrogen-bond donors (Lipinski definition) is 0. The molecule has 3 rings (SSSR count). The van der Waals surface area contributed by atoms with Crippen LogP contribution in [-0.2, 0) is 22.1 Å². The van der Waals surface area contributed by atoms with Crippen molar-refractivity contribution in [1.82, 2.24) is 0 Å². The van der Waals surface area contributed by atoms with Gasteiger partial charge < -0.3 is 14.0 Å². The normalized spacial score (nSPS) is 18.6. The molecule has 0 aromatic heterocycles. The molecule has 0 atom stereocenters. The molecule has 1 saturated heterocycles. The third kappa shape index (κ3) is 4.14. The van der Waals surface area contributed by atoms with Crippen LogP contribution in [-0.4, -0.2) is 18.3 Å². The number of halogens is 3. The van der Waals surface area contributed by atoms with Gasteiger partial charge >= 0.3 is 13.3 Å². The lowest BCUT2D eigenvalue weighted by molar-refractivity contribution is -0.137. The van der Waals surface area contributed by atoms with Gasteiger partial charge in [0.2, 0.25) is 0 Å². The van der Waals surface area contributed by atoms with Gasteiger partial charge in [-0.2, -0.15) is 13.2 Å². The monoisotopic (exact) mass is 378 g/mol. The molecule has 0 N–H and O–H groups in total. The van der Waals surface area contributed by atoms with Gasteiger partial charge in [-0.05, 0) is 51.5 Å². The van der Waals surface area contributed by atoms with E-state index in [9.17, 15) is 13.2 Å². The molecule has 1 aliphatic rings. The Labute approximate surface area is 157 Å². The summed E-state index contributed by atoms with van der Waals surface area (Å²) in [6.07, 6.45) is -4.46. The van der Waals surface area contributed by atoms with Crippen molar-refractivity contribution in [2.45, 2.75) is 51.7 Å². The smallest absolute Gasteiger partial charge is 0.489 e. The summed E-state index contributed by atoms with van der Waals surface area (Å²) in [5, 5.41) is 0. The van der Waals surface area contributed by atoms with E-state index in [0.717, 1.165) is 17.7 Å². The first-order valence-electron chi connectivity index (χ1n) is 8.73. The molecule has 0 aliphatic carbocycles. The lowest BCUT2D eigenvalue weighted by Gasteiger charge is -2.32. The van der Waals surface area contributed by atoms with Crippen LogP contribution in [0.25, 0.3) is 0 Å². The summed E-state index contributed by atoms with van der Waals surface area (Å²) in [4.78, 5) is 0. The van der Waals surface area contributed by atoms with E-state index in [0.29, 0.717) is 5.75 Å². The Morgan fingerprint density at radius 2 is 1.52 bits per heavy atom. The van der Waals surface area contributed by atoms with Crippen LogP contribution in [0.2, 0.25) is 0 Å². The van der Waals surface area contributed by atoms with Gasteiger partial charge in [-0.25, -0.2) is 0 Å². The molecule has 0 saturated carbocycles. The molecule has 1 aliphatic heterocycles. The third-order valence-corrected chi connectivity index (χ3v) is 5.08. The SMILES string of the molecule is CC1(C)OB(c2cc(C(F)(F)F)ccc2OCc2ccccc2)OC1(C)C. The summed E-state index contributed by atoms with van der Waals surface area (Å²) in [5.74, 6) is 0.311. The zero-order valence-electron chi connectivity index (χ0n) is 15.8. The average Bonchev–Trinajstić information content (AvgIpc) is 2.80. The standard InChI is InChI=1S/C20H22BF3O3/c1-18(2)19(3,4)27-21(26-18)16-12-15(20(22,23)24)10-11-17(16)25-13-14-8-6-5-7-9-14/h5-12H,13H2,1-4H3. The summed E-state index contributed by atoms with van der Waals surface area (Å²) >= 11 is 0. The van der Waals surface area contributed by atoms with Gasteiger partial charge in [-0.15, -0.1) is 0 Å². The first-order chi connectivity index (χ1) is 12.5. The van der Waals surface area contributed by atoms with Gasteiger partial charge in [-0.3, -0.25) is 0 Å². The van der Waals surface area contributed by atoms with Gasteiger partial charge in [0, 0.05) is 5.46 Å². The lowest BCUT2D eigenvalue weighted by Crippen LogP contribution is -2.41. The molecule has 7 heteroatoms. The predicted octanol–water partition coefficient (Wildman–Crippen LogP) is 4.58. The van der Waals surface area contributed by atoms with Crippen molar-refractivity contribution in [3.05, 3.63) is 59.7 Å². The summed E-state index contributed by atoms with van der Waals surface area (Å²) in [5.41, 5.74) is -0.943. The molecule has 2 aromatic rings. The first-order valence-corrected chi connectivity index (χ1v) is 8.73. The zero-order chi connectivity index (χ0) is 19.9. The Morgan fingerprint density at radius 3 is 2.07 bits per heavy atom. The maximum absolute atomic E-state index is 13.2. The van der Waals surface area contributed by atoms with Crippen molar-refractivity contribution in [2.75, 3.05) is 0 Å². The van der Waals surface area contributed by atoms with Crippen LogP contribution >= 0.6 is 0 Å².